The Labute approximate surface area is 610 Å². The van der Waals surface area contributed by atoms with E-state index in [-0.39, 0.29) is 116 Å². The topological polar surface area (TPSA) is 468 Å². The normalized spacial score (nSPS) is 11.1. The van der Waals surface area contributed by atoms with Gasteiger partial charge in [-0.2, -0.15) is 4.98 Å². The largest absolute Gasteiger partial charge is 0.383 e. The Morgan fingerprint density at radius 1 is 0.385 bits per heavy atom. The summed E-state index contributed by atoms with van der Waals surface area (Å²) in [6.07, 6.45) is 22.9. The van der Waals surface area contributed by atoms with E-state index in [0.29, 0.717) is 62.2 Å². The Bertz CT molecular complexity index is 5100. The van der Waals surface area contributed by atoms with Crippen molar-refractivity contribution in [2.24, 2.45) is 0 Å². The van der Waals surface area contributed by atoms with E-state index in [1.165, 1.54) is 33.7 Å². The van der Waals surface area contributed by atoms with Gasteiger partial charge in [0.05, 0.1) is 29.3 Å². The second kappa shape index (κ2) is 40.4. The number of fused-ring (bicyclic) bond motifs is 2. The molecule has 0 aliphatic heterocycles. The van der Waals surface area contributed by atoms with Gasteiger partial charge in [0.25, 0.3) is 33.4 Å². The first-order valence-electron chi connectivity index (χ1n) is 33.1. The predicted molar refractivity (Wildman–Crippen MR) is 417 cm³/mol. The lowest BCUT2D eigenvalue weighted by Crippen LogP contribution is -2.31. The minimum atomic E-state index is -0.365. The molecule has 0 radical (unpaired) electrons. The number of aromatic amines is 6. The maximum Gasteiger partial charge on any atom is 0.349 e. The Morgan fingerprint density at radius 3 is 1.07 bits per heavy atom. The van der Waals surface area contributed by atoms with Crippen molar-refractivity contribution in [2.45, 2.75) is 194 Å². The van der Waals surface area contributed by atoms with Gasteiger partial charge in [-0.25, -0.2) is 53.7 Å². The van der Waals surface area contributed by atoms with Gasteiger partial charge in [0.2, 0.25) is 0 Å². The maximum absolute atomic E-state index is 11.5. The summed E-state index contributed by atoms with van der Waals surface area (Å²) in [6.45, 7) is 39.7. The molecular weight excluding hydrogens is 1460 g/mol. The molecule has 0 aliphatic carbocycles. The number of nitrogen functional groups attached to an aromatic ring is 2. The van der Waals surface area contributed by atoms with E-state index in [4.69, 9.17) is 11.5 Å². The third kappa shape index (κ3) is 25.1. The van der Waals surface area contributed by atoms with Gasteiger partial charge in [0.15, 0.2) is 22.6 Å². The van der Waals surface area contributed by atoms with Crippen LogP contribution in [0.4, 0.5) is 11.6 Å². The first-order valence-corrected chi connectivity index (χ1v) is 34.3. The summed E-state index contributed by atoms with van der Waals surface area (Å²) in [4.78, 5) is 172. The van der Waals surface area contributed by atoms with Crippen molar-refractivity contribution in [1.82, 2.24) is 96.3 Å². The summed E-state index contributed by atoms with van der Waals surface area (Å²) in [5.74, 6) is 1.32. The van der Waals surface area contributed by atoms with Crippen LogP contribution in [0, 0.1) is 20.8 Å². The highest BCUT2D eigenvalue weighted by atomic mass is 127. The molecule has 0 aliphatic rings. The fourth-order valence-corrected chi connectivity index (χ4v) is 9.24. The molecule has 0 saturated carbocycles. The first-order chi connectivity index (χ1) is 48.6. The van der Waals surface area contributed by atoms with Crippen molar-refractivity contribution < 1.29 is 0 Å². The van der Waals surface area contributed by atoms with Crippen molar-refractivity contribution in [3.63, 3.8) is 0 Å². The summed E-state index contributed by atoms with van der Waals surface area (Å²) in [5, 5.41) is 0. The molecule has 10 aromatic rings. The molecule has 10 aromatic heterocycles. The maximum atomic E-state index is 11.5. The van der Waals surface area contributed by atoms with Gasteiger partial charge in [-0.05, 0) is 162 Å². The average molecular weight is 1550 g/mol. The molecular formula is C69H97IN22O12. The second-order valence-corrected chi connectivity index (χ2v) is 26.1. The van der Waals surface area contributed by atoms with Crippen LogP contribution in [0.5, 0.6) is 0 Å². The van der Waals surface area contributed by atoms with E-state index in [9.17, 15) is 57.5 Å². The lowest BCUT2D eigenvalue weighted by atomic mass is 10.3. The van der Waals surface area contributed by atoms with Gasteiger partial charge in [-0.15, -0.1) is 0 Å². The zero-order valence-electron chi connectivity index (χ0n) is 62.5. The standard InChI is InChI=1S/2C10H14N2O2.C9H11IN2O2.C9H12N4O.C8H11N5.2C8H12N2O2.C7H11N3O/c2*1-4-5-8-6-12(7(2)3)10(14)11-9(8)13;1-6(2)12-5-7(3-4-10)8(13)11-9(12)14;1-5(2)13-4-10-7-8(13)11-6(3)12-9(7)14;1-5(2)13-4-12-6-7(9)10-3-11-8(6)13;2*1-5(2)10-4-6(3)7(11)9-8(10)12;1-5(2)10-4-3-6(8)9-7(10)11/h2*4-7H,1-3H3,(H,11,13,14);3-6H,1-2H3,(H,11,13,14);4-5H,1-3H3,(H,11,12,14);3-5H,1-2H3,(H2,9,10,11);2*4-5H,1-3H3,(H,9,11,12);3-5H,1-2H3,(H2,8,9,11)/b2*5-4+;4-3+;;;;;. The van der Waals surface area contributed by atoms with Crippen LogP contribution in [0.2, 0.25) is 0 Å². The third-order valence-corrected chi connectivity index (χ3v) is 14.8. The van der Waals surface area contributed by atoms with E-state index in [1.54, 1.807) is 111 Å². The van der Waals surface area contributed by atoms with E-state index in [0.717, 1.165) is 5.65 Å². The van der Waals surface area contributed by atoms with Crippen LogP contribution < -0.4 is 79.0 Å². The Kier molecular flexibility index (Phi) is 33.8. The van der Waals surface area contributed by atoms with Crippen LogP contribution in [0.15, 0.2) is 136 Å². The van der Waals surface area contributed by atoms with Gasteiger partial charge in [-0.3, -0.25) is 81.1 Å². The second-order valence-electron chi connectivity index (χ2n) is 25.4. The predicted octanol–water partition coefficient (Wildman–Crippen LogP) is 7.08. The summed E-state index contributed by atoms with van der Waals surface area (Å²) in [5.41, 5.74) is 12.2. The summed E-state index contributed by atoms with van der Waals surface area (Å²) in [7, 11) is 0. The van der Waals surface area contributed by atoms with Gasteiger partial charge in [0.1, 0.15) is 23.5 Å². The van der Waals surface area contributed by atoms with E-state index in [1.807, 2.05) is 143 Å². The molecule has 10 rings (SSSR count). The minimum Gasteiger partial charge on any atom is -0.383 e. The fourth-order valence-electron chi connectivity index (χ4n) is 8.86. The van der Waals surface area contributed by atoms with E-state index < -0.39 is 0 Å². The number of aromatic nitrogens is 20. The Balaban J connectivity index is 0.000000309. The fraction of sp³-hybridized carbons (Fsp3) is 0.420. The molecule has 34 nitrogen and oxygen atoms in total. The molecule has 35 heteroatoms. The highest BCUT2D eigenvalue weighted by molar-refractivity contribution is 14.1. The van der Waals surface area contributed by atoms with Crippen LogP contribution in [0.3, 0.4) is 0 Å². The number of hydrogen-bond acceptors (Lipinski definition) is 20. The number of nitrogens with one attached hydrogen (secondary N) is 6. The first kappa shape index (κ1) is 86.9. The van der Waals surface area contributed by atoms with Crippen molar-refractivity contribution in [2.75, 3.05) is 11.5 Å². The summed E-state index contributed by atoms with van der Waals surface area (Å²) in [6, 6.07) is 2.62. The van der Waals surface area contributed by atoms with Crippen LogP contribution in [-0.4, -0.2) is 96.3 Å². The van der Waals surface area contributed by atoms with Gasteiger partial charge in [-0.1, -0.05) is 46.9 Å². The number of H-pyrrole nitrogens is 6. The minimum absolute atomic E-state index is 0.0423. The monoisotopic (exact) mass is 1550 g/mol. The number of nitrogens with zero attached hydrogens (tertiary/aromatic N) is 14. The lowest BCUT2D eigenvalue weighted by Gasteiger charge is -2.08. The highest BCUT2D eigenvalue weighted by Gasteiger charge is 2.13. The van der Waals surface area contributed by atoms with Gasteiger partial charge >= 0.3 is 34.1 Å². The molecule has 562 valence electrons. The molecule has 0 saturated heterocycles. The zero-order valence-corrected chi connectivity index (χ0v) is 64.7. The van der Waals surface area contributed by atoms with Gasteiger partial charge in [0, 0.05) is 96.6 Å². The molecule has 0 bridgehead atoms. The number of anilines is 2. The molecule has 0 unspecified atom stereocenters. The molecule has 0 spiro atoms. The molecule has 10 N–H and O–H groups in total. The Hall–Kier alpha value is -11.3. The van der Waals surface area contributed by atoms with Crippen molar-refractivity contribution in [3.05, 3.63) is 237 Å². The molecule has 10 heterocycles. The molecule has 104 heavy (non-hydrogen) atoms. The van der Waals surface area contributed by atoms with Crippen molar-refractivity contribution >= 4 is 74.8 Å². The van der Waals surface area contributed by atoms with Gasteiger partial charge < -0.3 is 25.6 Å². The number of imidazole rings is 2. The van der Waals surface area contributed by atoms with E-state index >= 15 is 0 Å². The number of allylic oxidation sites excluding steroid dienone is 2. The van der Waals surface area contributed by atoms with Crippen LogP contribution in [0.1, 0.15) is 207 Å². The average Bonchev–Trinajstić information content (AvgIpc) is 1.66. The van der Waals surface area contributed by atoms with E-state index in [2.05, 4.69) is 73.7 Å². The Morgan fingerprint density at radius 2 is 0.721 bits per heavy atom. The third-order valence-electron chi connectivity index (χ3n) is 14.5. The number of halogens is 1. The number of hydrogen-bond donors (Lipinski definition) is 8. The SMILES string of the molecule is C/C=C/c1cn(C(C)C)c(=O)[nH]c1=O.C/C=C/c1cn(C(C)C)c(=O)[nH]c1=O.CC(C)n1cc(/C=C/I)c(=O)[nH]c1=O.CC(C)n1ccc(N)nc1=O.CC(C)n1cnc2c(N)ncnc21.Cc1cn(C(C)C)c(=O)[nH]c1=O.Cc1cn(C(C)C)c(=O)[nH]c1=O.Cc1nc2c(ncn2C(C)C)c(=O)[nH]1. The zero-order chi connectivity index (χ0) is 78.9. The number of rotatable bonds is 11. The van der Waals surface area contributed by atoms with Crippen LogP contribution >= 0.6 is 22.6 Å². The lowest BCUT2D eigenvalue weighted by molar-refractivity contribution is 0.558. The summed E-state index contributed by atoms with van der Waals surface area (Å²) < 4.78 is 14.6. The molecule has 0 atom stereocenters. The molecule has 0 fully saturated rings. The van der Waals surface area contributed by atoms with Crippen LogP contribution in [-0.2, 0) is 0 Å². The number of nitrogens with two attached hydrogens (primary N) is 2. The molecule has 0 amide bonds. The molecule has 0 aromatic carbocycles. The van der Waals surface area contributed by atoms with Crippen molar-refractivity contribution in [3.8, 4) is 0 Å². The smallest absolute Gasteiger partial charge is 0.349 e. The summed E-state index contributed by atoms with van der Waals surface area (Å²) >= 11 is 2.02. The highest BCUT2D eigenvalue weighted by Crippen LogP contribution is 2.18. The number of aryl methyl sites for hydroxylation is 3. The van der Waals surface area contributed by atoms with Crippen molar-refractivity contribution in [1.29, 1.82) is 0 Å². The van der Waals surface area contributed by atoms with Crippen LogP contribution in [0.25, 0.3) is 40.6 Å². The quantitative estimate of drug-likeness (QED) is 0.0599.